The first-order chi connectivity index (χ1) is 15.6. The maximum atomic E-state index is 10.1. The first-order valence-corrected chi connectivity index (χ1v) is 11.2. The number of anilines is 1. The molecular weight excluding hydrogens is 406 g/mol. The van der Waals surface area contributed by atoms with Gasteiger partial charge in [0.05, 0.1) is 31.2 Å². The van der Waals surface area contributed by atoms with Gasteiger partial charge in [-0.3, -0.25) is 0 Å². The number of aliphatic hydroxyl groups excluding tert-OH is 1. The van der Waals surface area contributed by atoms with Gasteiger partial charge in [-0.25, -0.2) is 19.6 Å². The number of aryl methyl sites for hydroxylation is 1. The Morgan fingerprint density at radius 2 is 2.06 bits per heavy atom. The third-order valence-corrected chi connectivity index (χ3v) is 7.06. The lowest BCUT2D eigenvalue weighted by molar-refractivity contribution is 0.0975. The van der Waals surface area contributed by atoms with Gasteiger partial charge in [0.25, 0.3) is 0 Å². The van der Waals surface area contributed by atoms with Crippen molar-refractivity contribution in [1.82, 2.24) is 29.3 Å². The fourth-order valence-corrected chi connectivity index (χ4v) is 5.36. The summed E-state index contributed by atoms with van der Waals surface area (Å²) in [5.74, 6) is 0.765. The molecule has 0 unspecified atom stereocenters. The van der Waals surface area contributed by atoms with Crippen molar-refractivity contribution in [2.75, 3.05) is 24.6 Å². The van der Waals surface area contributed by atoms with Gasteiger partial charge in [-0.2, -0.15) is 5.10 Å². The molecule has 2 saturated heterocycles. The Hall–Kier alpha value is -3.04. The zero-order valence-corrected chi connectivity index (χ0v) is 18.4. The van der Waals surface area contributed by atoms with Crippen molar-refractivity contribution in [1.29, 1.82) is 0 Å². The summed E-state index contributed by atoms with van der Waals surface area (Å²) in [5, 5.41) is 15.7. The predicted molar refractivity (Wildman–Crippen MR) is 121 cm³/mol. The smallest absolute Gasteiger partial charge is 0.182 e. The molecule has 2 aliphatic heterocycles. The lowest BCUT2D eigenvalue weighted by atomic mass is 9.77. The Balaban J connectivity index is 1.37. The minimum Gasteiger partial charge on any atom is -0.390 e. The number of aliphatic hydroxyl groups is 1. The fourth-order valence-electron chi connectivity index (χ4n) is 5.36. The summed E-state index contributed by atoms with van der Waals surface area (Å²) in [4.78, 5) is 16.4. The molecule has 9 heteroatoms. The fraction of sp³-hybridized carbons (Fsp3) is 0.478. The second kappa shape index (κ2) is 7.25. The van der Waals surface area contributed by atoms with Crippen molar-refractivity contribution >= 4 is 28.0 Å². The van der Waals surface area contributed by atoms with E-state index in [4.69, 9.17) is 14.7 Å². The predicted octanol–water partition coefficient (Wildman–Crippen LogP) is 2.59. The summed E-state index contributed by atoms with van der Waals surface area (Å²) in [6.07, 6.45) is 9.15. The van der Waals surface area contributed by atoms with Crippen molar-refractivity contribution in [2.45, 2.75) is 38.9 Å². The van der Waals surface area contributed by atoms with E-state index in [-0.39, 0.29) is 6.61 Å². The van der Waals surface area contributed by atoms with E-state index in [1.165, 1.54) is 0 Å². The highest BCUT2D eigenvalue weighted by molar-refractivity contribution is 5.88. The molecule has 1 N–H and O–H groups in total. The molecule has 0 radical (unpaired) electrons. The van der Waals surface area contributed by atoms with Crippen LogP contribution >= 0.6 is 0 Å². The average Bonchev–Trinajstić information content (AvgIpc) is 3.49. The quantitative estimate of drug-likeness (QED) is 0.531. The number of hydrogen-bond donors (Lipinski definition) is 1. The van der Waals surface area contributed by atoms with Gasteiger partial charge in [-0.15, -0.1) is 0 Å². The molecule has 1 atom stereocenters. The van der Waals surface area contributed by atoms with Gasteiger partial charge < -0.3 is 19.3 Å². The minimum absolute atomic E-state index is 0.164. The number of nitrogens with zero attached hydrogens (tertiary/aromatic N) is 7. The Labute approximate surface area is 185 Å². The van der Waals surface area contributed by atoms with Crippen LogP contribution in [-0.2, 0) is 18.4 Å². The van der Waals surface area contributed by atoms with Crippen LogP contribution in [0.25, 0.3) is 27.9 Å². The molecule has 2 fully saturated rings. The first-order valence-electron chi connectivity index (χ1n) is 11.2. The molecule has 6 heterocycles. The largest absolute Gasteiger partial charge is 0.390 e. The van der Waals surface area contributed by atoms with E-state index >= 15 is 0 Å². The standard InChI is InChI=1S/C23H27N7O2/c1-15-10-23(14-32-15)5-8-29(9-6-23)21-18(13-31)27-22-17(26-21)11-25-30(22)19-12-28(2)20-16(19)4-3-7-24-20/h3-4,7,11-12,15,31H,5-6,8-10,13-14H2,1-2H3/t15-/m0/s1. The molecule has 4 aromatic heterocycles. The lowest BCUT2D eigenvalue weighted by Crippen LogP contribution is -2.41. The number of pyridine rings is 1. The van der Waals surface area contributed by atoms with E-state index in [9.17, 15) is 5.11 Å². The number of piperidine rings is 1. The zero-order valence-electron chi connectivity index (χ0n) is 18.4. The molecule has 0 amide bonds. The van der Waals surface area contributed by atoms with Gasteiger partial charge >= 0.3 is 0 Å². The number of rotatable bonds is 3. The molecule has 0 bridgehead atoms. The van der Waals surface area contributed by atoms with E-state index in [1.807, 2.05) is 29.9 Å². The Bertz CT molecular complexity index is 1300. The molecule has 2 aliphatic rings. The molecule has 0 saturated carbocycles. The summed E-state index contributed by atoms with van der Waals surface area (Å²) in [6.45, 7) is 4.64. The van der Waals surface area contributed by atoms with Crippen LogP contribution < -0.4 is 4.90 Å². The normalized spacial score (nSPS) is 20.7. The van der Waals surface area contributed by atoms with Crippen LogP contribution in [-0.4, -0.2) is 60.2 Å². The highest BCUT2D eigenvalue weighted by Crippen LogP contribution is 2.42. The Morgan fingerprint density at radius 1 is 1.22 bits per heavy atom. The molecular formula is C23H27N7O2. The van der Waals surface area contributed by atoms with Crippen molar-refractivity contribution in [2.24, 2.45) is 12.5 Å². The number of aromatic nitrogens is 6. The van der Waals surface area contributed by atoms with Crippen LogP contribution in [0.5, 0.6) is 0 Å². The van der Waals surface area contributed by atoms with Crippen LogP contribution in [0.4, 0.5) is 5.82 Å². The van der Waals surface area contributed by atoms with Crippen molar-refractivity contribution in [3.05, 3.63) is 36.4 Å². The zero-order chi connectivity index (χ0) is 21.9. The molecule has 9 nitrogen and oxygen atoms in total. The van der Waals surface area contributed by atoms with Gasteiger partial charge in [-0.05, 0) is 43.7 Å². The van der Waals surface area contributed by atoms with Gasteiger partial charge in [0, 0.05) is 37.9 Å². The van der Waals surface area contributed by atoms with Gasteiger partial charge in [0.1, 0.15) is 16.9 Å². The Morgan fingerprint density at radius 3 is 2.81 bits per heavy atom. The third kappa shape index (κ3) is 2.99. The number of fused-ring (bicyclic) bond motifs is 2. The highest BCUT2D eigenvalue weighted by atomic mass is 16.5. The monoisotopic (exact) mass is 433 g/mol. The average molecular weight is 434 g/mol. The van der Waals surface area contributed by atoms with Crippen LogP contribution in [0.3, 0.4) is 0 Å². The topological polar surface area (TPSA) is 94.1 Å². The van der Waals surface area contributed by atoms with Gasteiger partial charge in [0.15, 0.2) is 11.5 Å². The van der Waals surface area contributed by atoms with E-state index in [1.54, 1.807) is 17.1 Å². The Kier molecular flexibility index (Phi) is 4.44. The van der Waals surface area contributed by atoms with Gasteiger partial charge in [-0.1, -0.05) is 0 Å². The molecule has 32 heavy (non-hydrogen) atoms. The molecule has 1 spiro atoms. The molecule has 166 valence electrons. The van der Waals surface area contributed by atoms with Crippen LogP contribution in [0.15, 0.2) is 30.7 Å². The summed E-state index contributed by atoms with van der Waals surface area (Å²) in [6, 6.07) is 3.94. The summed E-state index contributed by atoms with van der Waals surface area (Å²) >= 11 is 0. The van der Waals surface area contributed by atoms with E-state index in [0.29, 0.717) is 22.9 Å². The molecule has 4 aromatic rings. The number of hydrogen-bond acceptors (Lipinski definition) is 7. The highest BCUT2D eigenvalue weighted by Gasteiger charge is 2.41. The van der Waals surface area contributed by atoms with E-state index in [2.05, 4.69) is 21.9 Å². The van der Waals surface area contributed by atoms with Crippen molar-refractivity contribution < 1.29 is 9.84 Å². The van der Waals surface area contributed by atoms with Crippen molar-refractivity contribution in [3.8, 4) is 5.69 Å². The second-order valence-electron chi connectivity index (χ2n) is 9.23. The van der Waals surface area contributed by atoms with Gasteiger partial charge in [0.2, 0.25) is 0 Å². The summed E-state index contributed by atoms with van der Waals surface area (Å²) < 4.78 is 9.63. The van der Waals surface area contributed by atoms with Crippen LogP contribution in [0.1, 0.15) is 31.9 Å². The summed E-state index contributed by atoms with van der Waals surface area (Å²) in [5.41, 5.74) is 4.01. The SMILES string of the molecule is C[C@H]1CC2(CCN(c3nc4cnn(-c5cn(C)c6ncccc56)c4nc3CO)CC2)CO1. The van der Waals surface area contributed by atoms with Crippen LogP contribution in [0.2, 0.25) is 0 Å². The second-order valence-corrected chi connectivity index (χ2v) is 9.23. The van der Waals surface area contributed by atoms with E-state index < -0.39 is 0 Å². The first kappa shape index (κ1) is 19.6. The summed E-state index contributed by atoms with van der Waals surface area (Å²) in [7, 11) is 1.96. The maximum Gasteiger partial charge on any atom is 0.182 e. The van der Waals surface area contributed by atoms with Crippen molar-refractivity contribution in [3.63, 3.8) is 0 Å². The minimum atomic E-state index is -0.164. The third-order valence-electron chi connectivity index (χ3n) is 7.06. The molecule has 6 rings (SSSR count). The van der Waals surface area contributed by atoms with E-state index in [0.717, 1.165) is 67.0 Å². The molecule has 0 aromatic carbocycles. The molecule has 0 aliphatic carbocycles. The maximum absolute atomic E-state index is 10.1. The number of ether oxygens (including phenoxy) is 1. The van der Waals surface area contributed by atoms with Crippen LogP contribution in [0, 0.1) is 5.41 Å². The lowest BCUT2D eigenvalue weighted by Gasteiger charge is -2.39.